The van der Waals surface area contributed by atoms with E-state index < -0.39 is 0 Å². The Balaban J connectivity index is 1.63. The number of aromatic nitrogens is 2. The lowest BCUT2D eigenvalue weighted by Gasteiger charge is -2.16. The Bertz CT molecular complexity index is 429. The quantitative estimate of drug-likeness (QED) is 0.844. The predicted molar refractivity (Wildman–Crippen MR) is 72.9 cm³/mol. The molecule has 3 rings (SSSR count). The second-order valence-corrected chi connectivity index (χ2v) is 5.29. The molecule has 1 aromatic rings. The summed E-state index contributed by atoms with van der Waals surface area (Å²) < 4.78 is 0. The topological polar surface area (TPSA) is 53.1 Å². The van der Waals surface area contributed by atoms with Gasteiger partial charge in [0.25, 0.3) is 0 Å². The number of nitrogens with one attached hydrogen (secondary N) is 2. The third-order valence-electron chi connectivity index (χ3n) is 3.73. The molecule has 5 nitrogen and oxygen atoms in total. The smallest absolute Gasteiger partial charge is 0.132 e. The van der Waals surface area contributed by atoms with Gasteiger partial charge in [0.2, 0.25) is 0 Å². The Hall–Kier alpha value is -1.36. The van der Waals surface area contributed by atoms with Gasteiger partial charge in [0, 0.05) is 38.3 Å². The maximum Gasteiger partial charge on any atom is 0.132 e. The minimum absolute atomic E-state index is 0.532. The van der Waals surface area contributed by atoms with Crippen LogP contribution in [0.1, 0.15) is 25.1 Å². The maximum absolute atomic E-state index is 4.45. The molecule has 2 aliphatic rings. The van der Waals surface area contributed by atoms with E-state index in [1.54, 1.807) is 0 Å². The molecule has 18 heavy (non-hydrogen) atoms. The van der Waals surface area contributed by atoms with E-state index in [9.17, 15) is 0 Å². The first kappa shape index (κ1) is 11.7. The molecule has 1 aliphatic heterocycles. The van der Waals surface area contributed by atoms with Crippen molar-refractivity contribution >= 4 is 11.6 Å². The highest BCUT2D eigenvalue weighted by Crippen LogP contribution is 2.30. The van der Waals surface area contributed by atoms with Crippen LogP contribution in [-0.2, 0) is 0 Å². The molecule has 2 heterocycles. The molecule has 0 spiro atoms. The van der Waals surface area contributed by atoms with Crippen molar-refractivity contribution in [2.45, 2.75) is 38.3 Å². The lowest BCUT2D eigenvalue weighted by atomic mass is 10.2. The van der Waals surface area contributed by atoms with Crippen LogP contribution >= 0.6 is 0 Å². The largest absolute Gasteiger partial charge is 0.373 e. The molecule has 1 unspecified atom stereocenters. The monoisotopic (exact) mass is 247 g/mol. The molecule has 1 saturated heterocycles. The van der Waals surface area contributed by atoms with Crippen LogP contribution in [0.4, 0.5) is 11.6 Å². The van der Waals surface area contributed by atoms with Crippen molar-refractivity contribution in [3.05, 3.63) is 11.9 Å². The Labute approximate surface area is 108 Å². The molecular weight excluding hydrogens is 226 g/mol. The van der Waals surface area contributed by atoms with E-state index in [4.69, 9.17) is 0 Å². The average Bonchev–Trinajstić information content (AvgIpc) is 3.10. The van der Waals surface area contributed by atoms with E-state index in [0.29, 0.717) is 6.04 Å². The molecule has 1 saturated carbocycles. The lowest BCUT2D eigenvalue weighted by Crippen LogP contribution is -2.28. The van der Waals surface area contributed by atoms with Crippen LogP contribution in [0.2, 0.25) is 0 Å². The van der Waals surface area contributed by atoms with E-state index in [1.165, 1.54) is 25.8 Å². The summed E-state index contributed by atoms with van der Waals surface area (Å²) in [5.74, 6) is 2.62. The van der Waals surface area contributed by atoms with Gasteiger partial charge < -0.3 is 10.6 Å². The van der Waals surface area contributed by atoms with Crippen molar-refractivity contribution in [1.82, 2.24) is 14.9 Å². The van der Waals surface area contributed by atoms with Gasteiger partial charge in [-0.1, -0.05) is 0 Å². The van der Waals surface area contributed by atoms with Crippen LogP contribution in [0, 0.1) is 6.92 Å². The maximum atomic E-state index is 4.45. The van der Waals surface area contributed by atoms with Crippen molar-refractivity contribution in [2.75, 3.05) is 30.8 Å². The summed E-state index contributed by atoms with van der Waals surface area (Å²) in [4.78, 5) is 11.4. The molecule has 2 fully saturated rings. The standard InChI is InChI=1S/C13H21N5/c1-9-15-12(14-2)7-13(16-9)17-10-5-6-18(8-10)11-3-4-11/h7,10-11H,3-6,8H2,1-2H3,(H2,14,15,16,17). The highest BCUT2D eigenvalue weighted by molar-refractivity contribution is 5.47. The first-order chi connectivity index (χ1) is 8.74. The van der Waals surface area contributed by atoms with Gasteiger partial charge in [-0.15, -0.1) is 0 Å². The van der Waals surface area contributed by atoms with Crippen LogP contribution in [0.25, 0.3) is 0 Å². The number of nitrogens with zero attached hydrogens (tertiary/aromatic N) is 3. The summed E-state index contributed by atoms with van der Waals surface area (Å²) in [7, 11) is 1.88. The van der Waals surface area contributed by atoms with E-state index in [1.807, 2.05) is 20.0 Å². The predicted octanol–water partition coefficient (Wildman–Crippen LogP) is 1.48. The summed E-state index contributed by atoms with van der Waals surface area (Å²) >= 11 is 0. The van der Waals surface area contributed by atoms with Crippen LogP contribution < -0.4 is 10.6 Å². The SMILES string of the molecule is CNc1cc(NC2CCN(C3CC3)C2)nc(C)n1. The Morgan fingerprint density at radius 3 is 2.72 bits per heavy atom. The number of rotatable bonds is 4. The van der Waals surface area contributed by atoms with Crippen LogP contribution in [-0.4, -0.2) is 47.1 Å². The van der Waals surface area contributed by atoms with Crippen molar-refractivity contribution in [3.8, 4) is 0 Å². The number of aryl methyl sites for hydroxylation is 1. The van der Waals surface area contributed by atoms with Gasteiger partial charge in [-0.25, -0.2) is 9.97 Å². The van der Waals surface area contributed by atoms with Gasteiger partial charge in [-0.3, -0.25) is 4.90 Å². The first-order valence-electron chi connectivity index (χ1n) is 6.78. The average molecular weight is 247 g/mol. The number of anilines is 2. The fourth-order valence-electron chi connectivity index (χ4n) is 2.66. The Morgan fingerprint density at radius 2 is 2.00 bits per heavy atom. The normalized spacial score (nSPS) is 24.2. The minimum atomic E-state index is 0.532. The molecule has 0 aromatic carbocycles. The highest BCUT2D eigenvalue weighted by atomic mass is 15.2. The number of hydrogen-bond donors (Lipinski definition) is 2. The van der Waals surface area contributed by atoms with Crippen molar-refractivity contribution < 1.29 is 0 Å². The van der Waals surface area contributed by atoms with Crippen molar-refractivity contribution in [2.24, 2.45) is 0 Å². The second kappa shape index (κ2) is 4.72. The third kappa shape index (κ3) is 2.56. The first-order valence-corrected chi connectivity index (χ1v) is 6.78. The van der Waals surface area contributed by atoms with E-state index >= 15 is 0 Å². The molecule has 5 heteroatoms. The second-order valence-electron chi connectivity index (χ2n) is 5.29. The zero-order chi connectivity index (χ0) is 12.5. The fourth-order valence-corrected chi connectivity index (χ4v) is 2.66. The molecular formula is C13H21N5. The number of hydrogen-bond acceptors (Lipinski definition) is 5. The highest BCUT2D eigenvalue weighted by Gasteiger charge is 2.34. The van der Waals surface area contributed by atoms with Crippen LogP contribution in [0.15, 0.2) is 6.07 Å². The zero-order valence-corrected chi connectivity index (χ0v) is 11.1. The molecule has 0 bridgehead atoms. The summed E-state index contributed by atoms with van der Waals surface area (Å²) in [5.41, 5.74) is 0. The minimum Gasteiger partial charge on any atom is -0.373 e. The summed E-state index contributed by atoms with van der Waals surface area (Å²) in [6.07, 6.45) is 4.00. The molecule has 98 valence electrons. The molecule has 0 radical (unpaired) electrons. The Kier molecular flexibility index (Phi) is 3.07. The van der Waals surface area contributed by atoms with Gasteiger partial charge in [0.05, 0.1) is 0 Å². The molecule has 1 aliphatic carbocycles. The summed E-state index contributed by atoms with van der Waals surface area (Å²) in [6.45, 7) is 4.31. The molecule has 0 amide bonds. The number of likely N-dealkylation sites (tertiary alicyclic amines) is 1. The molecule has 2 N–H and O–H groups in total. The molecule has 1 aromatic heterocycles. The Morgan fingerprint density at radius 1 is 1.22 bits per heavy atom. The fraction of sp³-hybridized carbons (Fsp3) is 0.692. The van der Waals surface area contributed by atoms with Crippen molar-refractivity contribution in [3.63, 3.8) is 0 Å². The van der Waals surface area contributed by atoms with Gasteiger partial charge in [-0.2, -0.15) is 0 Å². The summed E-state index contributed by atoms with van der Waals surface area (Å²) in [6, 6.07) is 3.38. The van der Waals surface area contributed by atoms with Gasteiger partial charge in [0.1, 0.15) is 17.5 Å². The van der Waals surface area contributed by atoms with Crippen molar-refractivity contribution in [1.29, 1.82) is 0 Å². The third-order valence-corrected chi connectivity index (χ3v) is 3.73. The van der Waals surface area contributed by atoms with Crippen LogP contribution in [0.5, 0.6) is 0 Å². The van der Waals surface area contributed by atoms with E-state index in [0.717, 1.165) is 30.0 Å². The summed E-state index contributed by atoms with van der Waals surface area (Å²) in [5, 5.41) is 6.60. The van der Waals surface area contributed by atoms with Gasteiger partial charge in [0.15, 0.2) is 0 Å². The van der Waals surface area contributed by atoms with Gasteiger partial charge >= 0.3 is 0 Å². The zero-order valence-electron chi connectivity index (χ0n) is 11.1. The molecule has 1 atom stereocenters. The van der Waals surface area contributed by atoms with E-state index in [2.05, 4.69) is 25.5 Å². The lowest BCUT2D eigenvalue weighted by molar-refractivity contribution is 0.326. The van der Waals surface area contributed by atoms with E-state index in [-0.39, 0.29) is 0 Å². The van der Waals surface area contributed by atoms with Gasteiger partial charge in [-0.05, 0) is 26.2 Å². The van der Waals surface area contributed by atoms with Crippen LogP contribution in [0.3, 0.4) is 0 Å².